The summed E-state index contributed by atoms with van der Waals surface area (Å²) < 4.78 is 0. The fourth-order valence-corrected chi connectivity index (χ4v) is 7.54. The molecule has 0 aliphatic carbocycles. The molecule has 6 N–H and O–H groups in total. The molecule has 62 heavy (non-hydrogen) atoms. The van der Waals surface area contributed by atoms with E-state index in [1.54, 1.807) is 48.5 Å². The number of halogens is 1. The molecule has 0 saturated carbocycles. The Morgan fingerprint density at radius 1 is 0.339 bits per heavy atom. The molecule has 306 valence electrons. The molecule has 3 aromatic heterocycles. The van der Waals surface area contributed by atoms with Gasteiger partial charge >= 0.3 is 23.9 Å². The number of aromatic carboxylic acids is 4. The van der Waals surface area contributed by atoms with Gasteiger partial charge in [-0.05, 0) is 119 Å². The number of carboxylic acid groups (broad SMARTS) is 4. The van der Waals surface area contributed by atoms with E-state index in [1.807, 2.05) is 48.6 Å². The number of nitrogens with one attached hydrogen (secondary N) is 2. The molecule has 4 aromatic carbocycles. The number of benzene rings is 4. The van der Waals surface area contributed by atoms with Gasteiger partial charge in [-0.25, -0.2) is 29.1 Å². The van der Waals surface area contributed by atoms with Crippen molar-refractivity contribution >= 4 is 70.2 Å². The second kappa shape index (κ2) is 17.0. The number of fused-ring (bicyclic) bond motifs is 8. The normalized spacial score (nSPS) is 11.4. The van der Waals surface area contributed by atoms with Crippen LogP contribution in [0.1, 0.15) is 64.2 Å². The van der Waals surface area contributed by atoms with Crippen molar-refractivity contribution in [3.05, 3.63) is 166 Å². The largest absolute Gasteiger partial charge is 1.00 e. The molecular formula is C48H30ClFeN4O8-. The van der Waals surface area contributed by atoms with Crippen molar-refractivity contribution in [3.63, 3.8) is 0 Å². The quantitative estimate of drug-likeness (QED) is 0.0853. The van der Waals surface area contributed by atoms with Crippen LogP contribution >= 0.6 is 0 Å². The molecule has 0 radical (unpaired) electrons. The Morgan fingerprint density at radius 2 is 0.532 bits per heavy atom. The summed E-state index contributed by atoms with van der Waals surface area (Å²) in [5.41, 5.74) is 10.7. The number of aromatic nitrogens is 4. The number of carboxylic acids is 4. The van der Waals surface area contributed by atoms with E-state index in [0.29, 0.717) is 89.4 Å². The van der Waals surface area contributed by atoms with E-state index in [0.717, 1.165) is 0 Å². The Bertz CT molecular complexity index is 2770. The number of hydrogen-bond acceptors (Lipinski definition) is 6. The zero-order valence-corrected chi connectivity index (χ0v) is 33.8. The van der Waals surface area contributed by atoms with Crippen LogP contribution in [0.5, 0.6) is 0 Å². The van der Waals surface area contributed by atoms with Crippen LogP contribution in [0, 0.1) is 0 Å². The second-order valence-corrected chi connectivity index (χ2v) is 14.0. The minimum absolute atomic E-state index is 0. The van der Waals surface area contributed by atoms with Crippen molar-refractivity contribution in [2.24, 2.45) is 0 Å². The summed E-state index contributed by atoms with van der Waals surface area (Å²) in [6.07, 6.45) is 7.47. The smallest absolute Gasteiger partial charge is 0.335 e. The van der Waals surface area contributed by atoms with Gasteiger partial charge in [-0.1, -0.05) is 48.5 Å². The summed E-state index contributed by atoms with van der Waals surface area (Å²) in [6.45, 7) is 0. The fourth-order valence-electron chi connectivity index (χ4n) is 7.54. The molecule has 0 atom stereocenters. The van der Waals surface area contributed by atoms with Gasteiger partial charge < -0.3 is 42.8 Å². The van der Waals surface area contributed by atoms with E-state index < -0.39 is 23.9 Å². The zero-order chi connectivity index (χ0) is 41.7. The van der Waals surface area contributed by atoms with Crippen LogP contribution in [0.2, 0.25) is 0 Å². The summed E-state index contributed by atoms with van der Waals surface area (Å²) in [5.74, 6) is -4.25. The Balaban J connectivity index is 0.00000289. The number of carbonyl (C=O) groups is 4. The third-order valence-corrected chi connectivity index (χ3v) is 10.4. The maximum absolute atomic E-state index is 11.8. The minimum Gasteiger partial charge on any atom is -1.00 e. The van der Waals surface area contributed by atoms with Gasteiger partial charge in [0, 0.05) is 61.4 Å². The van der Waals surface area contributed by atoms with Gasteiger partial charge in [-0.3, -0.25) is 0 Å². The van der Waals surface area contributed by atoms with Crippen molar-refractivity contribution in [1.29, 1.82) is 0 Å². The first kappa shape index (κ1) is 42.3. The van der Waals surface area contributed by atoms with Crippen LogP contribution in [-0.2, 0) is 17.1 Å². The average molecular weight is 882 g/mol. The van der Waals surface area contributed by atoms with Gasteiger partial charge in [0.05, 0.1) is 45.0 Å². The van der Waals surface area contributed by atoms with Crippen LogP contribution < -0.4 is 12.4 Å². The maximum Gasteiger partial charge on any atom is 0.335 e. The molecule has 9 rings (SSSR count). The molecule has 0 unspecified atom stereocenters. The van der Waals surface area contributed by atoms with E-state index in [9.17, 15) is 39.6 Å². The van der Waals surface area contributed by atoms with Gasteiger partial charge in [0.1, 0.15) is 0 Å². The fraction of sp³-hybridized carbons (Fsp3) is 0. The first-order valence-corrected chi connectivity index (χ1v) is 18.5. The summed E-state index contributed by atoms with van der Waals surface area (Å²) in [4.78, 5) is 64.8. The summed E-state index contributed by atoms with van der Waals surface area (Å²) in [7, 11) is 0. The van der Waals surface area contributed by atoms with Crippen LogP contribution in [-0.4, -0.2) is 64.2 Å². The monoisotopic (exact) mass is 881 g/mol. The van der Waals surface area contributed by atoms with E-state index in [4.69, 9.17) is 9.97 Å². The number of aromatic amines is 2. The Morgan fingerprint density at radius 3 is 0.710 bits per heavy atom. The summed E-state index contributed by atoms with van der Waals surface area (Å²) in [5, 5.41) is 38.7. The number of rotatable bonds is 8. The van der Waals surface area contributed by atoms with Gasteiger partial charge in [0.25, 0.3) is 0 Å². The molecule has 0 fully saturated rings. The molecule has 0 saturated heterocycles. The van der Waals surface area contributed by atoms with E-state index in [1.165, 1.54) is 48.5 Å². The van der Waals surface area contributed by atoms with Gasteiger partial charge in [0.2, 0.25) is 0 Å². The third-order valence-electron chi connectivity index (χ3n) is 10.4. The Kier molecular flexibility index (Phi) is 11.6. The van der Waals surface area contributed by atoms with Crippen molar-refractivity contribution in [2.75, 3.05) is 0 Å². The molecule has 2 aliphatic rings. The Hall–Kier alpha value is -7.83. The topological polar surface area (TPSA) is 207 Å². The molecule has 0 amide bonds. The molecule has 12 nitrogen and oxygen atoms in total. The van der Waals surface area contributed by atoms with Gasteiger partial charge in [-0.15, -0.1) is 0 Å². The summed E-state index contributed by atoms with van der Waals surface area (Å²) in [6, 6.07) is 33.6. The van der Waals surface area contributed by atoms with Crippen LogP contribution in [0.3, 0.4) is 0 Å². The molecule has 7 aromatic rings. The van der Waals surface area contributed by atoms with Crippen LogP contribution in [0.4, 0.5) is 0 Å². The number of H-pyrrole nitrogens is 2. The number of nitrogens with zero attached hydrogens (tertiary/aromatic N) is 2. The molecule has 0 spiro atoms. The van der Waals surface area contributed by atoms with Crippen molar-refractivity contribution in [3.8, 4) is 44.5 Å². The van der Waals surface area contributed by atoms with E-state index >= 15 is 0 Å². The SMILES string of the molecule is O=C(O)c1ccc(-c2c3nc(c(-c4ccc(C(=O)O)cc4)c4ccc([nH]4)c(-c4ccc(C(=O)O)cc4)c4nc(c(-c5ccc(C(=O)O)cc5)c5ccc2[nH]5)C=C4)C=C3)cc1.[Cl-].[Fe]. The summed E-state index contributed by atoms with van der Waals surface area (Å²) >= 11 is 0. The van der Waals surface area contributed by atoms with E-state index in [-0.39, 0.29) is 51.7 Å². The van der Waals surface area contributed by atoms with Crippen molar-refractivity contribution in [2.45, 2.75) is 0 Å². The molecule has 14 heteroatoms. The van der Waals surface area contributed by atoms with E-state index in [2.05, 4.69) is 9.97 Å². The Labute approximate surface area is 368 Å². The molecule has 2 aliphatic heterocycles. The molecular weight excluding hydrogens is 852 g/mol. The second-order valence-electron chi connectivity index (χ2n) is 14.0. The predicted molar refractivity (Wildman–Crippen MR) is 228 cm³/mol. The van der Waals surface area contributed by atoms with Crippen LogP contribution in [0.25, 0.3) is 90.9 Å². The van der Waals surface area contributed by atoms with Crippen LogP contribution in [0.15, 0.2) is 121 Å². The van der Waals surface area contributed by atoms with Gasteiger partial charge in [-0.2, -0.15) is 0 Å². The van der Waals surface area contributed by atoms with Crippen molar-refractivity contribution in [1.82, 2.24) is 19.9 Å². The molecule has 5 heterocycles. The number of hydrogen-bond donors (Lipinski definition) is 6. The average Bonchev–Trinajstić information content (AvgIpc) is 4.10. The third kappa shape index (κ3) is 7.82. The maximum atomic E-state index is 11.8. The van der Waals surface area contributed by atoms with Crippen molar-refractivity contribution < 1.29 is 69.1 Å². The molecule has 8 bridgehead atoms. The zero-order valence-electron chi connectivity index (χ0n) is 31.9. The first-order valence-electron chi connectivity index (χ1n) is 18.5. The standard InChI is InChI=1S/C48H30N4O8.ClH.Fe/c53-45(54)29-9-1-25(2-10-29)41-33-17-19-35(49-33)42(26-3-11-30(12-4-26)46(55)56)37-21-23-39(51-37)44(28-7-15-32(16-8-28)48(59)60)40-24-22-38(52-40)43(36-20-18-34(41)50-36)27-5-13-31(14-6-27)47(57)58;;/h1-24,49,52H,(H,53,54)(H,55,56)(H,57,58)(H,59,60);1H;/p-1. The first-order chi connectivity index (χ1) is 29.0. The minimum atomic E-state index is -1.06. The van der Waals surface area contributed by atoms with Gasteiger partial charge in [0.15, 0.2) is 0 Å². The predicted octanol–water partition coefficient (Wildman–Crippen LogP) is 7.12.